The number of aromatic nitrogens is 3. The Kier molecular flexibility index (Phi) is 6.90. The molecule has 1 aliphatic rings. The molecule has 1 aromatic carbocycles. The highest BCUT2D eigenvalue weighted by atomic mass is 35.5. The van der Waals surface area contributed by atoms with Crippen molar-refractivity contribution < 1.29 is 13.5 Å². The highest BCUT2D eigenvalue weighted by Gasteiger charge is 2.32. The quantitative estimate of drug-likeness (QED) is 0.507. The summed E-state index contributed by atoms with van der Waals surface area (Å²) in [5, 5.41) is 7.02. The molecule has 10 heteroatoms. The second kappa shape index (κ2) is 9.84. The number of alkyl halides is 1. The Morgan fingerprint density at radius 1 is 1.21 bits per heavy atom. The molecule has 0 amide bonds. The van der Waals surface area contributed by atoms with Gasteiger partial charge in [0, 0.05) is 18.8 Å². The molecule has 0 saturated carbocycles. The zero-order valence-electron chi connectivity index (χ0n) is 18.1. The smallest absolute Gasteiger partial charge is 0.292 e. The number of nitrogens with zero attached hydrogens (tertiary/aromatic N) is 4. The van der Waals surface area contributed by atoms with Gasteiger partial charge in [-0.15, -0.1) is 0 Å². The monoisotopic (exact) mass is 475 g/mol. The van der Waals surface area contributed by atoms with Gasteiger partial charge in [-0.05, 0) is 56.2 Å². The van der Waals surface area contributed by atoms with E-state index in [2.05, 4.69) is 15.4 Å². The van der Waals surface area contributed by atoms with Gasteiger partial charge < -0.3 is 15.0 Å². The fourth-order valence-corrected chi connectivity index (χ4v) is 3.96. The van der Waals surface area contributed by atoms with Gasteiger partial charge >= 0.3 is 0 Å². The first kappa shape index (κ1) is 23.1. The molecular weight excluding hydrogens is 452 g/mol. The summed E-state index contributed by atoms with van der Waals surface area (Å²) in [4.78, 5) is 18.5. The molecule has 1 N–H and O–H groups in total. The lowest BCUT2D eigenvalue weighted by atomic mass is 9.99. The van der Waals surface area contributed by atoms with E-state index >= 15 is 0 Å². The standard InChI is InChI=1S/C23H24ClF2N5O2/c1-2-30(18-8-9-20(25)27-12-18)16-4-6-17(7-5-16)31-22(32)21(24)19(13-29-31)28-14-23(26)10-3-11-33-15-23/h4-9,12-13,28H,2-3,10-11,14-15H2,1H3/t23-/m1/s1. The largest absolute Gasteiger partial charge is 0.379 e. The maximum atomic E-state index is 14.7. The number of nitrogens with one attached hydrogen (secondary N) is 1. The van der Waals surface area contributed by atoms with Crippen molar-refractivity contribution >= 4 is 28.7 Å². The van der Waals surface area contributed by atoms with Gasteiger partial charge in [0.1, 0.15) is 5.02 Å². The van der Waals surface area contributed by atoms with Gasteiger partial charge in [-0.3, -0.25) is 4.79 Å². The number of hydrogen-bond donors (Lipinski definition) is 1. The Morgan fingerprint density at radius 2 is 1.97 bits per heavy atom. The SMILES string of the molecule is CCN(c1ccc(-n2ncc(NC[C@]3(F)CCCOC3)c(Cl)c2=O)cc1)c1ccc(F)nc1. The average Bonchev–Trinajstić information content (AvgIpc) is 2.83. The predicted molar refractivity (Wildman–Crippen MR) is 124 cm³/mol. The van der Waals surface area contributed by atoms with Crippen LogP contribution in [-0.2, 0) is 4.74 Å². The summed E-state index contributed by atoms with van der Waals surface area (Å²) in [5.41, 5.74) is 0.366. The van der Waals surface area contributed by atoms with E-state index in [0.29, 0.717) is 31.7 Å². The summed E-state index contributed by atoms with van der Waals surface area (Å²) >= 11 is 6.27. The molecular formula is C23H24ClF2N5O2. The van der Waals surface area contributed by atoms with Gasteiger partial charge in [0.15, 0.2) is 5.67 Å². The van der Waals surface area contributed by atoms with E-state index in [1.54, 1.807) is 18.2 Å². The Hall–Kier alpha value is -3.04. The van der Waals surface area contributed by atoms with E-state index in [-0.39, 0.29) is 23.9 Å². The molecule has 4 rings (SSSR count). The van der Waals surface area contributed by atoms with Crippen LogP contribution < -0.4 is 15.8 Å². The lowest BCUT2D eigenvalue weighted by Crippen LogP contribution is -2.40. The summed E-state index contributed by atoms with van der Waals surface area (Å²) in [6, 6.07) is 10.1. The van der Waals surface area contributed by atoms with Crippen molar-refractivity contribution in [3.05, 3.63) is 70.1 Å². The minimum absolute atomic E-state index is 0.0111. The molecule has 1 saturated heterocycles. The van der Waals surface area contributed by atoms with Crippen LogP contribution in [0.2, 0.25) is 5.02 Å². The third-order valence-electron chi connectivity index (χ3n) is 5.53. The number of halogens is 3. The summed E-state index contributed by atoms with van der Waals surface area (Å²) in [6.07, 6.45) is 3.91. The van der Waals surface area contributed by atoms with Crippen LogP contribution in [-0.4, -0.2) is 46.7 Å². The Labute approximate surface area is 195 Å². The first-order valence-electron chi connectivity index (χ1n) is 10.7. The molecule has 2 aromatic heterocycles. The third kappa shape index (κ3) is 5.15. The van der Waals surface area contributed by atoms with Crippen LogP contribution >= 0.6 is 11.6 Å². The van der Waals surface area contributed by atoms with Crippen LogP contribution in [0.15, 0.2) is 53.6 Å². The number of pyridine rings is 1. The molecule has 0 spiro atoms. The Bertz CT molecular complexity index is 1150. The van der Waals surface area contributed by atoms with Crippen molar-refractivity contribution in [3.63, 3.8) is 0 Å². The fourth-order valence-electron chi connectivity index (χ4n) is 3.77. The van der Waals surface area contributed by atoms with Gasteiger partial charge in [0.25, 0.3) is 5.56 Å². The van der Waals surface area contributed by atoms with Gasteiger partial charge in [-0.2, -0.15) is 14.2 Å². The molecule has 1 aliphatic heterocycles. The maximum absolute atomic E-state index is 14.7. The van der Waals surface area contributed by atoms with Gasteiger partial charge in [0.05, 0.1) is 42.6 Å². The normalized spacial score (nSPS) is 18.2. The fraction of sp³-hybridized carbons (Fsp3) is 0.348. The molecule has 0 bridgehead atoms. The lowest BCUT2D eigenvalue weighted by Gasteiger charge is -2.29. The number of benzene rings is 1. The molecule has 0 aliphatic carbocycles. The van der Waals surface area contributed by atoms with Crippen molar-refractivity contribution in [2.24, 2.45) is 0 Å². The Morgan fingerprint density at radius 3 is 2.61 bits per heavy atom. The van der Waals surface area contributed by atoms with Crippen molar-refractivity contribution in [1.29, 1.82) is 0 Å². The first-order chi connectivity index (χ1) is 15.9. The van der Waals surface area contributed by atoms with Crippen molar-refractivity contribution in [2.45, 2.75) is 25.4 Å². The van der Waals surface area contributed by atoms with Crippen LogP contribution in [0.25, 0.3) is 5.69 Å². The molecule has 0 unspecified atom stereocenters. The van der Waals surface area contributed by atoms with E-state index in [9.17, 15) is 13.6 Å². The number of rotatable bonds is 7. The number of anilines is 3. The molecule has 3 aromatic rings. The number of hydrogen-bond acceptors (Lipinski definition) is 6. The van der Waals surface area contributed by atoms with Crippen LogP contribution in [0.5, 0.6) is 0 Å². The number of ether oxygens (including phenoxy) is 1. The van der Waals surface area contributed by atoms with Crippen LogP contribution in [0, 0.1) is 5.95 Å². The van der Waals surface area contributed by atoms with Crippen molar-refractivity contribution in [1.82, 2.24) is 14.8 Å². The minimum Gasteiger partial charge on any atom is -0.379 e. The van der Waals surface area contributed by atoms with Crippen molar-refractivity contribution in [3.8, 4) is 5.69 Å². The summed E-state index contributed by atoms with van der Waals surface area (Å²) in [7, 11) is 0. The molecule has 33 heavy (non-hydrogen) atoms. The molecule has 1 atom stereocenters. The minimum atomic E-state index is -1.50. The van der Waals surface area contributed by atoms with E-state index in [4.69, 9.17) is 16.3 Å². The van der Waals surface area contributed by atoms with Crippen LogP contribution in [0.3, 0.4) is 0 Å². The van der Waals surface area contributed by atoms with Crippen LogP contribution in [0.1, 0.15) is 19.8 Å². The van der Waals surface area contributed by atoms with Gasteiger partial charge in [-0.25, -0.2) is 9.37 Å². The predicted octanol–water partition coefficient (Wildman–Crippen LogP) is 4.51. The molecule has 1 fully saturated rings. The molecule has 174 valence electrons. The third-order valence-corrected chi connectivity index (χ3v) is 5.90. The highest BCUT2D eigenvalue weighted by molar-refractivity contribution is 6.32. The average molecular weight is 476 g/mol. The second-order valence-electron chi connectivity index (χ2n) is 7.85. The van der Waals surface area contributed by atoms with Crippen molar-refractivity contribution in [2.75, 3.05) is 36.5 Å². The second-order valence-corrected chi connectivity index (χ2v) is 8.23. The highest BCUT2D eigenvalue weighted by Crippen LogP contribution is 2.27. The molecule has 7 nitrogen and oxygen atoms in total. The maximum Gasteiger partial charge on any atom is 0.292 e. The zero-order chi connectivity index (χ0) is 23.4. The molecule has 3 heterocycles. The topological polar surface area (TPSA) is 72.3 Å². The Balaban J connectivity index is 1.52. The summed E-state index contributed by atoms with van der Waals surface area (Å²) in [6.45, 7) is 3.16. The van der Waals surface area contributed by atoms with Gasteiger partial charge in [0.2, 0.25) is 5.95 Å². The van der Waals surface area contributed by atoms with E-state index in [1.165, 1.54) is 23.1 Å². The van der Waals surface area contributed by atoms with Crippen LogP contribution in [0.4, 0.5) is 25.8 Å². The van der Waals surface area contributed by atoms with E-state index in [0.717, 1.165) is 11.4 Å². The first-order valence-corrected chi connectivity index (χ1v) is 11.1. The zero-order valence-corrected chi connectivity index (χ0v) is 18.9. The van der Waals surface area contributed by atoms with E-state index in [1.807, 2.05) is 24.0 Å². The lowest BCUT2D eigenvalue weighted by molar-refractivity contribution is -0.0234. The summed E-state index contributed by atoms with van der Waals surface area (Å²) in [5.74, 6) is -0.542. The molecule has 0 radical (unpaired) electrons. The van der Waals surface area contributed by atoms with Gasteiger partial charge in [-0.1, -0.05) is 11.6 Å². The summed E-state index contributed by atoms with van der Waals surface area (Å²) < 4.78 is 34.3. The van der Waals surface area contributed by atoms with E-state index < -0.39 is 17.2 Å².